The van der Waals surface area contributed by atoms with Gasteiger partial charge in [0.2, 0.25) is 17.8 Å². The maximum Gasteiger partial charge on any atom is 0.218 e. The highest BCUT2D eigenvalue weighted by Crippen LogP contribution is 2.49. The zero-order chi connectivity index (χ0) is 87.2. The largest absolute Gasteiger partial charge is 0.369 e. The van der Waals surface area contributed by atoms with Gasteiger partial charge in [-0.25, -0.2) is 9.97 Å². The number of Topliss-reactive ketones (excluding diaryl/α,β-unsaturated/α-hetero) is 4. The number of anilines is 4. The number of nitrogens with zero attached hydrogens (tertiary/aromatic N) is 8. The topological polar surface area (TPSA) is 133 Å². The summed E-state index contributed by atoms with van der Waals surface area (Å²) in [7, 11) is 8.76. The Labute approximate surface area is 730 Å². The number of rotatable bonds is 32. The van der Waals surface area contributed by atoms with Crippen molar-refractivity contribution in [2.24, 2.45) is 0 Å². The zero-order valence-electron chi connectivity index (χ0n) is 73.0. The van der Waals surface area contributed by atoms with Crippen LogP contribution in [-0.4, -0.2) is 93.4 Å². The number of carbonyl (C=O) groups excluding carboxylic acids is 4. The minimum Gasteiger partial charge on any atom is -0.369 e. The molecule has 0 radical (unpaired) electrons. The summed E-state index contributed by atoms with van der Waals surface area (Å²) in [6.07, 6.45) is 20.1. The number of hydrogen-bond donors (Lipinski definition) is 0. The summed E-state index contributed by atoms with van der Waals surface area (Å²) < 4.78 is 39.7. The number of hydrogen-bond acceptors (Lipinski definition) is 12. The van der Waals surface area contributed by atoms with E-state index in [-0.39, 0.29) is 41.5 Å². The average molecular weight is 1670 g/mol. The number of carbonyl (C=O) groups is 4. The van der Waals surface area contributed by atoms with E-state index in [0.29, 0.717) is 76.2 Å². The minimum atomic E-state index is -0.861. The molecular weight excluding hydrogens is 1550 g/mol. The van der Waals surface area contributed by atoms with Crippen molar-refractivity contribution in [3.05, 3.63) is 333 Å². The van der Waals surface area contributed by atoms with E-state index in [4.69, 9.17) is 11.6 Å². The van der Waals surface area contributed by atoms with Crippen molar-refractivity contribution in [2.75, 3.05) is 47.8 Å². The molecule has 4 heterocycles. The molecule has 0 bridgehead atoms. The Hall–Kier alpha value is -11.7. The van der Waals surface area contributed by atoms with Gasteiger partial charge in [0.25, 0.3) is 0 Å². The maximum absolute atomic E-state index is 13.6. The quantitative estimate of drug-likeness (QED) is 0.0294. The molecule has 123 heavy (non-hydrogen) atoms. The lowest BCUT2D eigenvalue weighted by Gasteiger charge is -2.29. The number of ketones is 4. The van der Waals surface area contributed by atoms with Gasteiger partial charge >= 0.3 is 0 Å². The highest BCUT2D eigenvalue weighted by Gasteiger charge is 2.47. The van der Waals surface area contributed by atoms with Crippen LogP contribution in [0.15, 0.2) is 249 Å². The Balaban J connectivity index is 0.000000141. The Morgan fingerprint density at radius 1 is 0.317 bits per heavy atom. The van der Waals surface area contributed by atoms with Gasteiger partial charge in [0.05, 0.1) is 0 Å². The molecule has 0 saturated heterocycles. The molecule has 0 aliphatic heterocycles. The van der Waals surface area contributed by atoms with Crippen LogP contribution < -0.4 is 19.6 Å². The summed E-state index contributed by atoms with van der Waals surface area (Å²) in [5.41, 5.74) is 24.1. The van der Waals surface area contributed by atoms with E-state index >= 15 is 0 Å². The lowest BCUT2D eigenvalue weighted by atomic mass is 9.98. The van der Waals surface area contributed by atoms with Crippen molar-refractivity contribution in [1.82, 2.24) is 19.9 Å². The highest BCUT2D eigenvalue weighted by atomic mass is 35.5. The van der Waals surface area contributed by atoms with E-state index in [2.05, 4.69) is 211 Å². The van der Waals surface area contributed by atoms with Crippen LogP contribution in [0.2, 0.25) is 5.15 Å². The lowest BCUT2D eigenvalue weighted by molar-refractivity contribution is 0.0974. The molecule has 4 aliphatic carbocycles. The third-order valence-corrected chi connectivity index (χ3v) is 27.0. The zero-order valence-corrected chi connectivity index (χ0v) is 73.8. The first-order valence-electron chi connectivity index (χ1n) is 43.6. The fraction of sp³-hybridized carbons (Fsp3) is 0.327. The van der Waals surface area contributed by atoms with Crippen LogP contribution in [0.1, 0.15) is 211 Å². The van der Waals surface area contributed by atoms with Crippen LogP contribution in [0, 0.1) is 38.6 Å². The van der Waals surface area contributed by atoms with Crippen molar-refractivity contribution < 1.29 is 32.3 Å². The van der Waals surface area contributed by atoms with Crippen LogP contribution >= 0.6 is 11.6 Å². The summed E-state index contributed by atoms with van der Waals surface area (Å²) in [5.74, 6) is -1.90. The van der Waals surface area contributed by atoms with Gasteiger partial charge in [-0.15, -0.1) is 0 Å². The van der Waals surface area contributed by atoms with E-state index in [9.17, 15) is 32.3 Å². The molecule has 4 aliphatic rings. The molecule has 0 spiro atoms. The summed E-state index contributed by atoms with van der Waals surface area (Å²) in [6.45, 7) is 14.8. The van der Waals surface area contributed by atoms with Crippen molar-refractivity contribution in [3.63, 3.8) is 0 Å². The van der Waals surface area contributed by atoms with Gasteiger partial charge < -0.3 is 19.6 Å². The van der Waals surface area contributed by atoms with E-state index in [1.54, 1.807) is 31.3 Å². The molecule has 0 atom stereocenters. The Morgan fingerprint density at radius 3 is 0.829 bits per heavy atom. The average Bonchev–Trinajstić information content (AvgIpc) is 1.64. The second kappa shape index (κ2) is 39.7. The third kappa shape index (κ3) is 22.0. The van der Waals surface area contributed by atoms with Crippen LogP contribution in [0.4, 0.5) is 35.9 Å². The molecule has 0 unspecified atom stereocenters. The Morgan fingerprint density at radius 2 is 0.569 bits per heavy atom. The predicted molar refractivity (Wildman–Crippen MR) is 497 cm³/mol. The second-order valence-electron chi connectivity index (χ2n) is 33.9. The van der Waals surface area contributed by atoms with Crippen LogP contribution in [0.5, 0.6) is 0 Å². The van der Waals surface area contributed by atoms with Crippen LogP contribution in [0.3, 0.4) is 0 Å². The van der Waals surface area contributed by atoms with Gasteiger partial charge in [0.15, 0.2) is 23.1 Å². The van der Waals surface area contributed by atoms with E-state index in [1.807, 2.05) is 105 Å². The summed E-state index contributed by atoms with van der Waals surface area (Å²) in [4.78, 5) is 75.5. The highest BCUT2D eigenvalue weighted by molar-refractivity contribution is 6.30. The fourth-order valence-corrected chi connectivity index (χ4v) is 17.1. The minimum absolute atomic E-state index is 0.0819. The molecule has 634 valence electrons. The van der Waals surface area contributed by atoms with E-state index < -0.39 is 17.8 Å². The third-order valence-electron chi connectivity index (χ3n) is 26.7. The standard InChI is InChI=1S/C28H32N2O.C27H29FN2O.C26H27ClN2O.C26H26F2N2O/c1-5-28(18-19-28)30(4)26-15-12-24(13-16-26)23-8-10-25(11-9-23)27(31)17-14-22-7-6-20(2)29-21(22)3;1-4-27(17-18-27)30(3)24-13-9-22(10-14-24)21-5-7-23(8-6-21)25(31)15-11-20-12-16-26(28)29-19(20)2;1-3-26(16-17-26)29(2)23-13-10-20(11-14-23)19-6-8-21(9-7-19)24(30)15-12-22-5-4-18-28-25(22)27;1-3-26(16-17-26)30(2)22-12-8-19(9-13-22)18-4-6-20(7-5-18)23(31)14-10-21-11-15-24(27)29-25(21)28/h6-13,15-16H,5,14,17-19H2,1-4H3;5-10,12-14,16H,4,11,15,17-18H2,1-3H3;4-11,13-14,18H,3,12,15-17H2,1-2H3;4-9,11-13,15H,3,10,14,16-17H2,1-2H3. The molecule has 0 amide bonds. The molecule has 4 saturated carbocycles. The monoisotopic (exact) mass is 1670 g/mol. The van der Waals surface area contributed by atoms with E-state index in [1.165, 1.54) is 111 Å². The van der Waals surface area contributed by atoms with Gasteiger partial charge in [0, 0.05) is 150 Å². The SMILES string of the molecule is CCC1(N(C)c2ccc(-c3ccc(C(=O)CCc4ccc(C)nc4C)cc3)cc2)CC1.CCC1(N(C)c2ccc(-c3ccc(C(=O)CCc4ccc(F)nc4C)cc3)cc2)CC1.CCC1(N(C)c2ccc(-c3ccc(C(=O)CCc4ccc(F)nc4F)cc3)cc2)CC1.CCC1(N(C)c2ccc(-c3ccc(C(=O)CCc4cccnc4Cl)cc3)cc2)CC1. The van der Waals surface area contributed by atoms with Gasteiger partial charge in [0.1, 0.15) is 5.15 Å². The molecule has 8 aromatic carbocycles. The maximum atomic E-state index is 13.6. The molecule has 16 heteroatoms. The molecular formula is C107H114ClF3N8O4. The summed E-state index contributed by atoms with van der Waals surface area (Å²) >= 11 is 6.08. The predicted octanol–water partition coefficient (Wildman–Crippen LogP) is 25.8. The molecule has 12 aromatic rings. The summed E-state index contributed by atoms with van der Waals surface area (Å²) in [5, 5.41) is 0.473. The van der Waals surface area contributed by atoms with Gasteiger partial charge in [-0.1, -0.05) is 203 Å². The van der Waals surface area contributed by atoms with E-state index in [0.717, 1.165) is 97.1 Å². The van der Waals surface area contributed by atoms with Crippen molar-refractivity contribution in [3.8, 4) is 44.5 Å². The molecule has 4 aromatic heterocycles. The molecule has 12 nitrogen and oxygen atoms in total. The number of benzene rings is 8. The molecule has 0 N–H and O–H groups in total. The Kier molecular flexibility index (Phi) is 28.7. The van der Waals surface area contributed by atoms with Crippen molar-refractivity contribution in [1.29, 1.82) is 0 Å². The number of aryl methyl sites for hydroxylation is 7. The first-order chi connectivity index (χ1) is 59.3. The smallest absolute Gasteiger partial charge is 0.218 e. The van der Waals surface area contributed by atoms with Crippen molar-refractivity contribution >= 4 is 57.5 Å². The van der Waals surface area contributed by atoms with Crippen LogP contribution in [-0.2, 0) is 25.7 Å². The summed E-state index contributed by atoms with van der Waals surface area (Å²) in [6, 6.07) is 79.2. The van der Waals surface area contributed by atoms with Gasteiger partial charge in [-0.2, -0.15) is 18.2 Å². The number of halogens is 4. The lowest BCUT2D eigenvalue weighted by Crippen LogP contribution is -2.32. The van der Waals surface area contributed by atoms with Gasteiger partial charge in [-0.05, 0) is 264 Å². The van der Waals surface area contributed by atoms with Crippen molar-refractivity contribution in [2.45, 2.75) is 199 Å². The Bertz CT molecular complexity index is 5220. The fourth-order valence-electron chi connectivity index (χ4n) is 16.9. The van der Waals surface area contributed by atoms with Gasteiger partial charge in [-0.3, -0.25) is 24.2 Å². The van der Waals surface area contributed by atoms with Crippen LogP contribution in [0.25, 0.3) is 44.5 Å². The normalized spacial score (nSPS) is 14.3. The molecule has 16 rings (SSSR count). The number of aromatic nitrogens is 4. The first-order valence-corrected chi connectivity index (χ1v) is 44.0. The first kappa shape index (κ1) is 89.1. The second-order valence-corrected chi connectivity index (χ2v) is 34.2. The number of pyridine rings is 4. The molecule has 4 fully saturated rings.